The van der Waals surface area contributed by atoms with Gasteiger partial charge in [-0.05, 0) is 24.1 Å². The van der Waals surface area contributed by atoms with Crippen LogP contribution < -0.4 is 5.32 Å². The first-order valence-electron chi connectivity index (χ1n) is 7.83. The molecule has 0 fully saturated rings. The van der Waals surface area contributed by atoms with Gasteiger partial charge in [-0.1, -0.05) is 36.4 Å². The lowest BCUT2D eigenvalue weighted by molar-refractivity contribution is 0.0868. The predicted molar refractivity (Wildman–Crippen MR) is 91.4 cm³/mol. The molecule has 2 rings (SSSR count). The van der Waals surface area contributed by atoms with Crippen molar-refractivity contribution in [1.82, 2.24) is 5.32 Å². The van der Waals surface area contributed by atoms with Crippen molar-refractivity contribution in [1.29, 1.82) is 5.26 Å². The standard InChI is InChI=1S/C19H20N2O3/c20-14-15-6-1-2-7-16(15)17-8-3-4-9-18(17)19(23)21-10-5-12-24-13-11-22/h1-4,6-9,22H,5,10-13H2,(H,21,23). The second-order valence-electron chi connectivity index (χ2n) is 5.15. The van der Waals surface area contributed by atoms with Crippen LogP contribution in [0.25, 0.3) is 11.1 Å². The maximum atomic E-state index is 12.5. The number of rotatable bonds is 8. The Balaban J connectivity index is 2.09. The molecule has 0 atom stereocenters. The molecular weight excluding hydrogens is 304 g/mol. The molecule has 2 aromatic rings. The number of nitriles is 1. The molecular formula is C19H20N2O3. The van der Waals surface area contributed by atoms with E-state index < -0.39 is 0 Å². The summed E-state index contributed by atoms with van der Waals surface area (Å²) < 4.78 is 5.16. The minimum absolute atomic E-state index is 0.00195. The Hall–Kier alpha value is -2.68. The lowest BCUT2D eigenvalue weighted by Crippen LogP contribution is -2.26. The maximum absolute atomic E-state index is 12.5. The molecule has 1 amide bonds. The van der Waals surface area contributed by atoms with Gasteiger partial charge in [0.2, 0.25) is 0 Å². The van der Waals surface area contributed by atoms with Gasteiger partial charge in [0.25, 0.3) is 5.91 Å². The SMILES string of the molecule is N#Cc1ccccc1-c1ccccc1C(=O)NCCCOCCO. The first-order valence-corrected chi connectivity index (χ1v) is 7.83. The van der Waals surface area contributed by atoms with Gasteiger partial charge in [-0.25, -0.2) is 0 Å². The Morgan fingerprint density at radius 2 is 1.79 bits per heavy atom. The summed E-state index contributed by atoms with van der Waals surface area (Å²) in [5.41, 5.74) is 2.56. The van der Waals surface area contributed by atoms with Crippen LogP contribution in [0.5, 0.6) is 0 Å². The van der Waals surface area contributed by atoms with Gasteiger partial charge in [0.1, 0.15) is 0 Å². The maximum Gasteiger partial charge on any atom is 0.251 e. The second kappa shape index (κ2) is 9.46. The summed E-state index contributed by atoms with van der Waals surface area (Å²) in [6.07, 6.45) is 0.669. The number of nitrogens with one attached hydrogen (secondary N) is 1. The molecule has 124 valence electrons. The van der Waals surface area contributed by atoms with Gasteiger partial charge in [0.05, 0.1) is 24.8 Å². The summed E-state index contributed by atoms with van der Waals surface area (Å²) in [6, 6.07) is 16.6. The van der Waals surface area contributed by atoms with Gasteiger partial charge in [0, 0.05) is 24.3 Å². The highest BCUT2D eigenvalue weighted by Crippen LogP contribution is 2.26. The molecule has 2 aromatic carbocycles. The van der Waals surface area contributed by atoms with Crippen LogP contribution in [0.15, 0.2) is 48.5 Å². The van der Waals surface area contributed by atoms with Gasteiger partial charge < -0.3 is 15.2 Å². The van der Waals surface area contributed by atoms with E-state index in [0.717, 1.165) is 11.1 Å². The van der Waals surface area contributed by atoms with E-state index in [9.17, 15) is 10.1 Å². The fourth-order valence-corrected chi connectivity index (χ4v) is 2.37. The van der Waals surface area contributed by atoms with E-state index >= 15 is 0 Å². The third kappa shape index (κ3) is 4.66. The Kier molecular flexibility index (Phi) is 6.96. The molecule has 0 aliphatic heterocycles. The number of aliphatic hydroxyl groups is 1. The van der Waals surface area contributed by atoms with Gasteiger partial charge in [-0.3, -0.25) is 4.79 Å². The first kappa shape index (κ1) is 17.7. The van der Waals surface area contributed by atoms with Gasteiger partial charge >= 0.3 is 0 Å². The van der Waals surface area contributed by atoms with E-state index in [1.54, 1.807) is 24.3 Å². The van der Waals surface area contributed by atoms with Crippen LogP contribution >= 0.6 is 0 Å². The van der Waals surface area contributed by atoms with E-state index in [4.69, 9.17) is 9.84 Å². The predicted octanol–water partition coefficient (Wildman–Crippen LogP) is 2.35. The number of benzene rings is 2. The van der Waals surface area contributed by atoms with E-state index in [1.165, 1.54) is 0 Å². The van der Waals surface area contributed by atoms with Crippen LogP contribution in [0.2, 0.25) is 0 Å². The van der Waals surface area contributed by atoms with Crippen molar-refractivity contribution in [3.8, 4) is 17.2 Å². The Morgan fingerprint density at radius 3 is 2.54 bits per heavy atom. The highest BCUT2D eigenvalue weighted by molar-refractivity contribution is 6.01. The second-order valence-corrected chi connectivity index (χ2v) is 5.15. The number of nitrogens with zero attached hydrogens (tertiary/aromatic N) is 1. The molecule has 5 heteroatoms. The minimum atomic E-state index is -0.180. The van der Waals surface area contributed by atoms with Crippen LogP contribution in [-0.2, 0) is 4.74 Å². The number of ether oxygens (including phenoxy) is 1. The molecule has 2 N–H and O–H groups in total. The summed E-state index contributed by atoms with van der Waals surface area (Å²) in [5.74, 6) is -0.180. The average Bonchev–Trinajstić information content (AvgIpc) is 2.64. The lowest BCUT2D eigenvalue weighted by atomic mass is 9.95. The average molecular weight is 324 g/mol. The van der Waals surface area contributed by atoms with Crippen LogP contribution in [0, 0.1) is 11.3 Å². The number of carbonyl (C=O) groups excluding carboxylic acids is 1. The van der Waals surface area contributed by atoms with Crippen molar-refractivity contribution in [2.75, 3.05) is 26.4 Å². The first-order chi connectivity index (χ1) is 11.8. The molecule has 0 saturated heterocycles. The van der Waals surface area contributed by atoms with Crippen LogP contribution in [0.4, 0.5) is 0 Å². The Labute approximate surface area is 141 Å². The van der Waals surface area contributed by atoms with Gasteiger partial charge in [-0.15, -0.1) is 0 Å². The molecule has 0 unspecified atom stereocenters. The van der Waals surface area contributed by atoms with Crippen molar-refractivity contribution in [2.24, 2.45) is 0 Å². The number of carbonyl (C=O) groups is 1. The van der Waals surface area contributed by atoms with E-state index in [0.29, 0.717) is 37.3 Å². The Morgan fingerprint density at radius 1 is 1.08 bits per heavy atom. The number of hydrogen-bond acceptors (Lipinski definition) is 4. The smallest absolute Gasteiger partial charge is 0.251 e. The molecule has 0 aliphatic rings. The molecule has 0 aromatic heterocycles. The Bertz CT molecular complexity index is 723. The molecule has 24 heavy (non-hydrogen) atoms. The summed E-state index contributed by atoms with van der Waals surface area (Å²) in [4.78, 5) is 12.5. The molecule has 0 radical (unpaired) electrons. The zero-order valence-electron chi connectivity index (χ0n) is 13.4. The number of hydrogen-bond donors (Lipinski definition) is 2. The minimum Gasteiger partial charge on any atom is -0.394 e. The monoisotopic (exact) mass is 324 g/mol. The van der Waals surface area contributed by atoms with Crippen molar-refractivity contribution in [3.05, 3.63) is 59.7 Å². The van der Waals surface area contributed by atoms with Crippen molar-refractivity contribution in [2.45, 2.75) is 6.42 Å². The third-order valence-corrected chi connectivity index (χ3v) is 3.50. The summed E-state index contributed by atoms with van der Waals surface area (Å²) in [6.45, 7) is 1.28. The fraction of sp³-hybridized carbons (Fsp3) is 0.263. The van der Waals surface area contributed by atoms with E-state index in [-0.39, 0.29) is 12.5 Å². The van der Waals surface area contributed by atoms with E-state index in [1.807, 2.05) is 24.3 Å². The van der Waals surface area contributed by atoms with Crippen LogP contribution in [0.1, 0.15) is 22.3 Å². The van der Waals surface area contributed by atoms with Crippen LogP contribution in [-0.4, -0.2) is 37.4 Å². The fourth-order valence-electron chi connectivity index (χ4n) is 2.37. The quantitative estimate of drug-likeness (QED) is 0.730. The molecule has 0 bridgehead atoms. The summed E-state index contributed by atoms with van der Waals surface area (Å²) in [5, 5.41) is 20.8. The molecule has 5 nitrogen and oxygen atoms in total. The van der Waals surface area contributed by atoms with E-state index in [2.05, 4.69) is 11.4 Å². The van der Waals surface area contributed by atoms with Crippen molar-refractivity contribution < 1.29 is 14.6 Å². The van der Waals surface area contributed by atoms with Gasteiger partial charge in [0.15, 0.2) is 0 Å². The third-order valence-electron chi connectivity index (χ3n) is 3.50. The molecule has 0 spiro atoms. The van der Waals surface area contributed by atoms with Crippen molar-refractivity contribution >= 4 is 5.91 Å². The largest absolute Gasteiger partial charge is 0.394 e. The number of amides is 1. The summed E-state index contributed by atoms with van der Waals surface area (Å²) >= 11 is 0. The molecule has 0 saturated carbocycles. The topological polar surface area (TPSA) is 82.4 Å². The highest BCUT2D eigenvalue weighted by Gasteiger charge is 2.14. The zero-order valence-corrected chi connectivity index (χ0v) is 13.4. The zero-order chi connectivity index (χ0) is 17.2. The van der Waals surface area contributed by atoms with Crippen LogP contribution in [0.3, 0.4) is 0 Å². The normalized spacial score (nSPS) is 10.2. The summed E-state index contributed by atoms with van der Waals surface area (Å²) in [7, 11) is 0. The number of aliphatic hydroxyl groups excluding tert-OH is 1. The highest BCUT2D eigenvalue weighted by atomic mass is 16.5. The molecule has 0 aliphatic carbocycles. The van der Waals surface area contributed by atoms with Crippen molar-refractivity contribution in [3.63, 3.8) is 0 Å². The molecule has 0 heterocycles. The lowest BCUT2D eigenvalue weighted by Gasteiger charge is -2.11. The van der Waals surface area contributed by atoms with Gasteiger partial charge in [-0.2, -0.15) is 5.26 Å².